The van der Waals surface area contributed by atoms with Gasteiger partial charge in [0, 0.05) is 18.5 Å². The van der Waals surface area contributed by atoms with Crippen LogP contribution >= 0.6 is 0 Å². The first kappa shape index (κ1) is 21.8. The molecule has 8 heteroatoms. The van der Waals surface area contributed by atoms with Crippen LogP contribution in [-0.2, 0) is 14.3 Å². The fraction of sp³-hybridized carbons (Fsp3) is 0.550. The first-order valence-electron chi connectivity index (χ1n) is 9.61. The number of amides is 1. The minimum atomic E-state index is -1.03. The van der Waals surface area contributed by atoms with Crippen molar-refractivity contribution in [3.8, 4) is 5.75 Å². The van der Waals surface area contributed by atoms with Crippen molar-refractivity contribution < 1.29 is 29.0 Å². The topological polar surface area (TPSA) is 114 Å². The molecule has 0 saturated carbocycles. The summed E-state index contributed by atoms with van der Waals surface area (Å²) < 4.78 is 10.9. The lowest BCUT2D eigenvalue weighted by atomic mass is 10.1. The number of ether oxygens (including phenoxy) is 2. The van der Waals surface area contributed by atoms with Crippen LogP contribution in [0.2, 0.25) is 0 Å². The van der Waals surface area contributed by atoms with Crippen LogP contribution in [-0.4, -0.2) is 61.2 Å². The van der Waals surface area contributed by atoms with Crippen molar-refractivity contribution in [2.75, 3.05) is 26.2 Å². The number of Topliss-reactive ketones (excluding diaryl/α,β-unsaturated/α-hetero) is 1. The van der Waals surface area contributed by atoms with Crippen molar-refractivity contribution in [2.45, 2.75) is 44.8 Å². The zero-order valence-electron chi connectivity index (χ0n) is 16.1. The molecule has 2 rings (SSSR count). The Balaban J connectivity index is 1.69. The molecule has 8 nitrogen and oxygen atoms in total. The first-order chi connectivity index (χ1) is 13.5. The van der Waals surface area contributed by atoms with E-state index in [0.717, 1.165) is 25.9 Å². The van der Waals surface area contributed by atoms with Crippen LogP contribution in [0.4, 0.5) is 0 Å². The lowest BCUT2D eigenvalue weighted by molar-refractivity contribution is -0.145. The number of carboxylic acids is 1. The van der Waals surface area contributed by atoms with Gasteiger partial charge in [-0.1, -0.05) is 6.92 Å². The van der Waals surface area contributed by atoms with Gasteiger partial charge in [-0.3, -0.25) is 9.59 Å². The lowest BCUT2D eigenvalue weighted by Gasteiger charge is -2.22. The summed E-state index contributed by atoms with van der Waals surface area (Å²) >= 11 is 0. The second-order valence-corrected chi connectivity index (χ2v) is 6.66. The van der Waals surface area contributed by atoms with E-state index >= 15 is 0 Å². The van der Waals surface area contributed by atoms with Crippen molar-refractivity contribution in [2.24, 2.45) is 0 Å². The smallest absolute Gasteiger partial charge is 0.344 e. The molecule has 0 unspecified atom stereocenters. The molecule has 154 valence electrons. The molecule has 1 fully saturated rings. The van der Waals surface area contributed by atoms with Crippen molar-refractivity contribution >= 4 is 17.7 Å². The number of carboxylic acid groups (broad SMARTS) is 1. The Morgan fingerprint density at radius 1 is 1.21 bits per heavy atom. The molecule has 1 aliphatic rings. The minimum absolute atomic E-state index is 0.00701. The summed E-state index contributed by atoms with van der Waals surface area (Å²) in [5.74, 6) is -0.970. The molecule has 1 heterocycles. The monoisotopic (exact) mass is 392 g/mol. The van der Waals surface area contributed by atoms with Gasteiger partial charge < -0.3 is 25.2 Å². The van der Waals surface area contributed by atoms with Gasteiger partial charge in [-0.15, -0.1) is 0 Å². The summed E-state index contributed by atoms with van der Waals surface area (Å²) in [6.07, 6.45) is 1.52. The number of hydrogen-bond donors (Lipinski definition) is 3. The van der Waals surface area contributed by atoms with Gasteiger partial charge in [0.2, 0.25) is 5.91 Å². The predicted octanol–water partition coefficient (Wildman–Crippen LogP) is 1.39. The predicted molar refractivity (Wildman–Crippen MR) is 103 cm³/mol. The van der Waals surface area contributed by atoms with E-state index in [2.05, 4.69) is 10.6 Å². The van der Waals surface area contributed by atoms with Crippen LogP contribution in [0, 0.1) is 0 Å². The van der Waals surface area contributed by atoms with E-state index in [0.29, 0.717) is 17.7 Å². The number of nitrogens with one attached hydrogen (secondary N) is 2. The number of rotatable bonds is 11. The van der Waals surface area contributed by atoms with E-state index < -0.39 is 12.1 Å². The summed E-state index contributed by atoms with van der Waals surface area (Å²) in [7, 11) is 0. The molecular weight excluding hydrogens is 364 g/mol. The molecule has 1 aliphatic heterocycles. The minimum Gasteiger partial charge on any atom is -0.479 e. The van der Waals surface area contributed by atoms with Crippen LogP contribution in [0.25, 0.3) is 0 Å². The normalized spacial score (nSPS) is 15.6. The average Bonchev–Trinajstić information content (AvgIpc) is 2.71. The van der Waals surface area contributed by atoms with Gasteiger partial charge in [0.15, 0.2) is 11.9 Å². The Bertz CT molecular complexity index is 655. The standard InChI is InChI=1S/C20H28N2O6/c1-2-18(20(25)26)28-16-5-3-14(4-6-16)17(23)9-12-22-19(24)13-27-15-7-10-21-11-8-15/h3-6,15,18,21H,2,7-13H2,1H3,(H,22,24)(H,25,26)/t18-/m0/s1. The van der Waals surface area contributed by atoms with E-state index in [-0.39, 0.29) is 37.4 Å². The maximum Gasteiger partial charge on any atom is 0.344 e. The molecule has 0 aliphatic carbocycles. The number of benzene rings is 1. The molecule has 1 aromatic carbocycles. The molecule has 1 amide bonds. The number of hydrogen-bond acceptors (Lipinski definition) is 6. The molecule has 3 N–H and O–H groups in total. The molecular formula is C20H28N2O6. The van der Waals surface area contributed by atoms with Crippen LogP contribution in [0.15, 0.2) is 24.3 Å². The molecule has 0 spiro atoms. The molecule has 1 atom stereocenters. The fourth-order valence-corrected chi connectivity index (χ4v) is 2.86. The van der Waals surface area contributed by atoms with Gasteiger partial charge >= 0.3 is 5.97 Å². The average molecular weight is 392 g/mol. The van der Waals surface area contributed by atoms with E-state index in [1.54, 1.807) is 31.2 Å². The van der Waals surface area contributed by atoms with E-state index in [1.165, 1.54) is 0 Å². The van der Waals surface area contributed by atoms with Crippen molar-refractivity contribution in [1.29, 1.82) is 0 Å². The number of carbonyl (C=O) groups excluding carboxylic acids is 2. The van der Waals surface area contributed by atoms with Gasteiger partial charge in [0.1, 0.15) is 12.4 Å². The Morgan fingerprint density at radius 3 is 2.50 bits per heavy atom. The third-order valence-corrected chi connectivity index (χ3v) is 4.51. The largest absolute Gasteiger partial charge is 0.479 e. The van der Waals surface area contributed by atoms with Gasteiger partial charge in [-0.25, -0.2) is 4.79 Å². The van der Waals surface area contributed by atoms with E-state index in [9.17, 15) is 14.4 Å². The van der Waals surface area contributed by atoms with Crippen molar-refractivity contribution in [1.82, 2.24) is 10.6 Å². The molecule has 0 aromatic heterocycles. The molecule has 0 bridgehead atoms. The van der Waals surface area contributed by atoms with Crippen molar-refractivity contribution in [3.05, 3.63) is 29.8 Å². The summed E-state index contributed by atoms with van der Waals surface area (Å²) in [6, 6.07) is 6.33. The zero-order chi connectivity index (χ0) is 20.4. The molecule has 28 heavy (non-hydrogen) atoms. The van der Waals surface area contributed by atoms with E-state index in [1.807, 2.05) is 0 Å². The summed E-state index contributed by atoms with van der Waals surface area (Å²) in [6.45, 7) is 3.78. The highest BCUT2D eigenvalue weighted by molar-refractivity contribution is 5.96. The summed E-state index contributed by atoms with van der Waals surface area (Å²) in [5.41, 5.74) is 0.482. The third kappa shape index (κ3) is 7.28. The Labute approximate surface area is 164 Å². The molecule has 1 aromatic rings. The third-order valence-electron chi connectivity index (χ3n) is 4.51. The first-order valence-corrected chi connectivity index (χ1v) is 9.61. The van der Waals surface area contributed by atoms with Crippen LogP contribution in [0.3, 0.4) is 0 Å². The van der Waals surface area contributed by atoms with Gasteiger partial charge in [-0.05, 0) is 56.6 Å². The van der Waals surface area contributed by atoms with Crippen LogP contribution in [0.5, 0.6) is 5.75 Å². The lowest BCUT2D eigenvalue weighted by Crippen LogP contribution is -2.36. The SMILES string of the molecule is CC[C@H](Oc1ccc(C(=O)CCNC(=O)COC2CCNCC2)cc1)C(=O)O. The van der Waals surface area contributed by atoms with Gasteiger partial charge in [-0.2, -0.15) is 0 Å². The van der Waals surface area contributed by atoms with Crippen LogP contribution < -0.4 is 15.4 Å². The zero-order valence-corrected chi connectivity index (χ0v) is 16.1. The second-order valence-electron chi connectivity index (χ2n) is 6.66. The van der Waals surface area contributed by atoms with Crippen LogP contribution in [0.1, 0.15) is 43.0 Å². The maximum atomic E-state index is 12.2. The highest BCUT2D eigenvalue weighted by Crippen LogP contribution is 2.16. The Kier molecular flexibility index (Phi) is 8.90. The number of ketones is 1. The highest BCUT2D eigenvalue weighted by Gasteiger charge is 2.17. The van der Waals surface area contributed by atoms with Crippen molar-refractivity contribution in [3.63, 3.8) is 0 Å². The number of piperidine rings is 1. The number of carbonyl (C=O) groups is 3. The Morgan fingerprint density at radius 2 is 1.89 bits per heavy atom. The summed E-state index contributed by atoms with van der Waals surface area (Å²) in [4.78, 5) is 35.0. The summed E-state index contributed by atoms with van der Waals surface area (Å²) in [5, 5.41) is 14.9. The molecule has 0 radical (unpaired) electrons. The number of aliphatic carboxylic acids is 1. The Hall–Kier alpha value is -2.45. The maximum absolute atomic E-state index is 12.2. The van der Waals surface area contributed by atoms with E-state index in [4.69, 9.17) is 14.6 Å². The molecule has 1 saturated heterocycles. The highest BCUT2D eigenvalue weighted by atomic mass is 16.5. The quantitative estimate of drug-likeness (QED) is 0.488. The van der Waals surface area contributed by atoms with Gasteiger partial charge in [0.05, 0.1) is 6.10 Å². The fourth-order valence-electron chi connectivity index (χ4n) is 2.86. The second kappa shape index (κ2) is 11.4. The van der Waals surface area contributed by atoms with Gasteiger partial charge in [0.25, 0.3) is 0 Å².